The van der Waals surface area contributed by atoms with Crippen LogP contribution in [0.5, 0.6) is 0 Å². The molecule has 1 aromatic rings. The first-order valence-electron chi connectivity index (χ1n) is 7.66. The lowest BCUT2D eigenvalue weighted by molar-refractivity contribution is -0.119. The Kier molecular flexibility index (Phi) is 6.52. The second kappa shape index (κ2) is 8.41. The number of morpholine rings is 1. The second-order valence-electron chi connectivity index (χ2n) is 5.55. The minimum absolute atomic E-state index is 0.252. The zero-order valence-electron chi connectivity index (χ0n) is 13.6. The van der Waals surface area contributed by atoms with Crippen molar-refractivity contribution in [3.05, 3.63) is 30.1 Å². The summed E-state index contributed by atoms with van der Waals surface area (Å²) in [5.74, 6) is -0.875. The summed E-state index contributed by atoms with van der Waals surface area (Å²) in [5.41, 5.74) is 0.252. The first-order valence-corrected chi connectivity index (χ1v) is 9.51. The third-order valence-electron chi connectivity index (χ3n) is 3.66. The molecule has 134 valence electrons. The Morgan fingerprint density at radius 3 is 2.50 bits per heavy atom. The van der Waals surface area contributed by atoms with Gasteiger partial charge in [0.15, 0.2) is 0 Å². The van der Waals surface area contributed by atoms with Gasteiger partial charge in [0.2, 0.25) is 15.9 Å². The van der Waals surface area contributed by atoms with E-state index in [9.17, 15) is 17.6 Å². The zero-order chi connectivity index (χ0) is 17.6. The molecule has 1 aliphatic rings. The fraction of sp³-hybridized carbons (Fsp3) is 0.533. The van der Waals surface area contributed by atoms with Crippen LogP contribution < -0.4 is 9.62 Å². The molecule has 0 spiro atoms. The highest BCUT2D eigenvalue weighted by molar-refractivity contribution is 7.92. The predicted octanol–water partition coefficient (Wildman–Crippen LogP) is 0.0401. The van der Waals surface area contributed by atoms with Crippen molar-refractivity contribution >= 4 is 21.6 Å². The Labute approximate surface area is 141 Å². The number of hydrogen-bond acceptors (Lipinski definition) is 5. The number of rotatable bonds is 7. The summed E-state index contributed by atoms with van der Waals surface area (Å²) in [7, 11) is -3.65. The van der Waals surface area contributed by atoms with Crippen LogP contribution in [0.15, 0.2) is 24.3 Å². The predicted molar refractivity (Wildman–Crippen MR) is 88.9 cm³/mol. The van der Waals surface area contributed by atoms with Crippen molar-refractivity contribution < 1.29 is 22.3 Å². The quantitative estimate of drug-likeness (QED) is 0.744. The van der Waals surface area contributed by atoms with Crippen molar-refractivity contribution in [1.29, 1.82) is 0 Å². The highest BCUT2D eigenvalue weighted by Gasteiger charge is 2.21. The van der Waals surface area contributed by atoms with Gasteiger partial charge in [0.1, 0.15) is 12.4 Å². The van der Waals surface area contributed by atoms with E-state index in [4.69, 9.17) is 4.74 Å². The Hall–Kier alpha value is -1.71. The third-order valence-corrected chi connectivity index (χ3v) is 4.80. The van der Waals surface area contributed by atoms with Crippen LogP contribution in [0.25, 0.3) is 0 Å². The van der Waals surface area contributed by atoms with Crippen LogP contribution in [0.4, 0.5) is 10.1 Å². The van der Waals surface area contributed by atoms with Gasteiger partial charge in [0.25, 0.3) is 0 Å². The molecule has 0 aliphatic carbocycles. The molecule has 7 nitrogen and oxygen atoms in total. The molecule has 1 saturated heterocycles. The normalized spacial score (nSPS) is 15.9. The molecule has 0 saturated carbocycles. The third kappa shape index (κ3) is 5.73. The topological polar surface area (TPSA) is 79.0 Å². The molecule has 9 heteroatoms. The van der Waals surface area contributed by atoms with Crippen molar-refractivity contribution in [2.24, 2.45) is 0 Å². The van der Waals surface area contributed by atoms with Crippen LogP contribution in [-0.2, 0) is 19.6 Å². The molecule has 0 unspecified atom stereocenters. The molecule has 0 atom stereocenters. The number of carbonyl (C=O) groups excluding carboxylic acids is 1. The van der Waals surface area contributed by atoms with Crippen molar-refractivity contribution in [3.8, 4) is 0 Å². The van der Waals surface area contributed by atoms with Gasteiger partial charge in [-0.2, -0.15) is 0 Å². The maximum Gasteiger partial charge on any atom is 0.240 e. The van der Waals surface area contributed by atoms with Crippen LogP contribution in [0, 0.1) is 5.82 Å². The molecule has 1 N–H and O–H groups in total. The van der Waals surface area contributed by atoms with E-state index in [-0.39, 0.29) is 12.2 Å². The van der Waals surface area contributed by atoms with Crippen molar-refractivity contribution in [3.63, 3.8) is 0 Å². The van der Waals surface area contributed by atoms with Gasteiger partial charge in [-0.1, -0.05) is 0 Å². The number of hydrogen-bond donors (Lipinski definition) is 1. The molecule has 24 heavy (non-hydrogen) atoms. The van der Waals surface area contributed by atoms with Crippen molar-refractivity contribution in [1.82, 2.24) is 10.2 Å². The molecule has 1 aliphatic heterocycles. The zero-order valence-corrected chi connectivity index (χ0v) is 14.4. The number of halogens is 1. The van der Waals surface area contributed by atoms with Crippen LogP contribution in [0.1, 0.15) is 0 Å². The van der Waals surface area contributed by atoms with E-state index < -0.39 is 21.7 Å². The monoisotopic (exact) mass is 359 g/mol. The SMILES string of the molecule is CS(=O)(=O)N(CC(=O)NCCN1CCOCC1)c1ccc(F)cc1. The summed E-state index contributed by atoms with van der Waals surface area (Å²) in [5, 5.41) is 2.71. The van der Waals surface area contributed by atoms with Crippen LogP contribution in [0.2, 0.25) is 0 Å². The smallest absolute Gasteiger partial charge is 0.240 e. The van der Waals surface area contributed by atoms with Crippen LogP contribution in [0.3, 0.4) is 0 Å². The minimum atomic E-state index is -3.65. The lowest BCUT2D eigenvalue weighted by Gasteiger charge is -2.27. The average molecular weight is 359 g/mol. The number of nitrogens with zero attached hydrogens (tertiary/aromatic N) is 2. The van der Waals surface area contributed by atoms with E-state index in [1.807, 2.05) is 0 Å². The summed E-state index contributed by atoms with van der Waals surface area (Å²) in [6.07, 6.45) is 1.01. The molecule has 0 radical (unpaired) electrons. The van der Waals surface area contributed by atoms with E-state index in [0.29, 0.717) is 26.3 Å². The number of amides is 1. The first kappa shape index (κ1) is 18.6. The summed E-state index contributed by atoms with van der Waals surface area (Å²) in [6, 6.07) is 4.97. The molecule has 0 aromatic heterocycles. The number of anilines is 1. The van der Waals surface area contributed by atoms with Gasteiger partial charge in [-0.05, 0) is 24.3 Å². The standard InChI is InChI=1S/C15H22FN3O4S/c1-24(21,22)19(14-4-2-13(16)3-5-14)12-15(20)17-6-7-18-8-10-23-11-9-18/h2-5H,6-12H2,1H3,(H,17,20). The number of benzene rings is 1. The summed E-state index contributed by atoms with van der Waals surface area (Å²) >= 11 is 0. The Bertz CT molecular complexity index is 645. The first-order chi connectivity index (χ1) is 11.4. The van der Waals surface area contributed by atoms with Gasteiger partial charge in [-0.3, -0.25) is 14.0 Å². The molecule has 1 aromatic carbocycles. The highest BCUT2D eigenvalue weighted by atomic mass is 32.2. The molecular weight excluding hydrogens is 337 g/mol. The molecule has 1 fully saturated rings. The minimum Gasteiger partial charge on any atom is -0.379 e. The van der Waals surface area contributed by atoms with Crippen molar-refractivity contribution in [2.45, 2.75) is 0 Å². The van der Waals surface area contributed by atoms with Gasteiger partial charge in [0, 0.05) is 26.2 Å². The average Bonchev–Trinajstić information content (AvgIpc) is 2.54. The van der Waals surface area contributed by atoms with Gasteiger partial charge < -0.3 is 10.1 Å². The van der Waals surface area contributed by atoms with Crippen molar-refractivity contribution in [2.75, 3.05) is 56.5 Å². The second-order valence-corrected chi connectivity index (χ2v) is 7.46. The molecule has 2 rings (SSSR count). The highest BCUT2D eigenvalue weighted by Crippen LogP contribution is 2.17. The lowest BCUT2D eigenvalue weighted by Crippen LogP contribution is -2.44. The van der Waals surface area contributed by atoms with E-state index in [2.05, 4.69) is 10.2 Å². The number of ether oxygens (including phenoxy) is 1. The summed E-state index contributed by atoms with van der Waals surface area (Å²) in [6.45, 7) is 3.78. The van der Waals surface area contributed by atoms with E-state index in [1.54, 1.807) is 0 Å². The fourth-order valence-corrected chi connectivity index (χ4v) is 3.23. The summed E-state index contributed by atoms with van der Waals surface area (Å²) in [4.78, 5) is 14.2. The van der Waals surface area contributed by atoms with Crippen LogP contribution in [-0.4, -0.2) is 71.4 Å². The van der Waals surface area contributed by atoms with Crippen LogP contribution >= 0.6 is 0 Å². The van der Waals surface area contributed by atoms with Gasteiger partial charge in [-0.15, -0.1) is 0 Å². The Balaban J connectivity index is 1.89. The number of nitrogens with one attached hydrogen (secondary N) is 1. The Morgan fingerprint density at radius 1 is 1.29 bits per heavy atom. The van der Waals surface area contributed by atoms with E-state index in [0.717, 1.165) is 35.8 Å². The molecular formula is C15H22FN3O4S. The molecule has 1 amide bonds. The van der Waals surface area contributed by atoms with E-state index in [1.165, 1.54) is 12.1 Å². The maximum atomic E-state index is 13.0. The number of sulfonamides is 1. The fourth-order valence-electron chi connectivity index (χ4n) is 2.37. The van der Waals surface area contributed by atoms with Gasteiger partial charge in [-0.25, -0.2) is 12.8 Å². The van der Waals surface area contributed by atoms with Gasteiger partial charge >= 0.3 is 0 Å². The Morgan fingerprint density at radius 2 is 1.92 bits per heavy atom. The lowest BCUT2D eigenvalue weighted by atomic mass is 10.3. The van der Waals surface area contributed by atoms with E-state index >= 15 is 0 Å². The molecule has 1 heterocycles. The largest absolute Gasteiger partial charge is 0.379 e. The number of carbonyl (C=O) groups is 1. The van der Waals surface area contributed by atoms with Gasteiger partial charge in [0.05, 0.1) is 25.2 Å². The molecule has 0 bridgehead atoms. The maximum absolute atomic E-state index is 13.0. The summed E-state index contributed by atoms with van der Waals surface area (Å²) < 4.78 is 43.0.